The average molecular weight is 679 g/mol. The van der Waals surface area contributed by atoms with Crippen LogP contribution in [0.4, 0.5) is 0 Å². The highest BCUT2D eigenvalue weighted by atomic mass is 32.1. The molecule has 1 saturated heterocycles. The summed E-state index contributed by atoms with van der Waals surface area (Å²) in [7, 11) is 0. The van der Waals surface area contributed by atoms with Gasteiger partial charge in [0.25, 0.3) is 11.8 Å². The van der Waals surface area contributed by atoms with Gasteiger partial charge in [-0.05, 0) is 67.0 Å². The van der Waals surface area contributed by atoms with Crippen molar-refractivity contribution in [1.82, 2.24) is 30.5 Å². The number of hydrogen-bond donors (Lipinski definition) is 3. The minimum atomic E-state index is -0.909. The lowest BCUT2D eigenvalue weighted by Crippen LogP contribution is -2.48. The normalized spacial score (nSPS) is 15.8. The minimum absolute atomic E-state index is 0.115. The summed E-state index contributed by atoms with van der Waals surface area (Å²) in [4.78, 5) is 43.2. The molecule has 0 radical (unpaired) electrons. The van der Waals surface area contributed by atoms with Crippen LogP contribution in [0.5, 0.6) is 0 Å². The summed E-state index contributed by atoms with van der Waals surface area (Å²) >= 11 is 1.56. The van der Waals surface area contributed by atoms with Crippen LogP contribution in [0.2, 0.25) is 0 Å². The van der Waals surface area contributed by atoms with E-state index in [9.17, 15) is 14.7 Å². The number of rotatable bonds is 13. The van der Waals surface area contributed by atoms with Crippen LogP contribution < -0.4 is 10.6 Å². The van der Waals surface area contributed by atoms with Crippen molar-refractivity contribution in [3.05, 3.63) is 123 Å². The zero-order chi connectivity index (χ0) is 34.3. The monoisotopic (exact) mass is 678 g/mol. The van der Waals surface area contributed by atoms with Crippen molar-refractivity contribution in [2.45, 2.75) is 70.7 Å². The molecule has 3 atom stereocenters. The predicted molar refractivity (Wildman–Crippen MR) is 189 cm³/mol. The highest BCUT2D eigenvalue weighted by Crippen LogP contribution is 2.35. The SMILES string of the molecule is Cc1csc([C@H]2CCCN2C(=O)c2cc(C(=O)N[C@@H](Cc3ccccc3)[C@H](O)CNCc3cncc(C(C)C)c3)cc(-c3ncco3)c2)n1. The number of nitrogens with one attached hydrogen (secondary N) is 2. The number of pyridine rings is 1. The van der Waals surface area contributed by atoms with Crippen molar-refractivity contribution in [3.63, 3.8) is 0 Å². The van der Waals surface area contributed by atoms with Gasteiger partial charge in [-0.1, -0.05) is 50.2 Å². The van der Waals surface area contributed by atoms with Gasteiger partial charge in [0, 0.05) is 59.8 Å². The second kappa shape index (κ2) is 15.7. The largest absolute Gasteiger partial charge is 0.445 e. The number of aromatic nitrogens is 3. The number of carbonyl (C=O) groups is 2. The van der Waals surface area contributed by atoms with Crippen LogP contribution >= 0.6 is 11.3 Å². The smallest absolute Gasteiger partial charge is 0.254 e. The Morgan fingerprint density at radius 3 is 2.63 bits per heavy atom. The van der Waals surface area contributed by atoms with Gasteiger partial charge in [0.2, 0.25) is 5.89 Å². The first-order valence-electron chi connectivity index (χ1n) is 16.7. The molecule has 10 nitrogen and oxygen atoms in total. The van der Waals surface area contributed by atoms with E-state index in [4.69, 9.17) is 4.42 Å². The lowest BCUT2D eigenvalue weighted by atomic mass is 9.99. The van der Waals surface area contributed by atoms with Crippen molar-refractivity contribution >= 4 is 23.2 Å². The number of thiazole rings is 1. The van der Waals surface area contributed by atoms with Crippen molar-refractivity contribution in [2.75, 3.05) is 13.1 Å². The second-order valence-electron chi connectivity index (χ2n) is 12.9. The zero-order valence-corrected chi connectivity index (χ0v) is 28.8. The highest BCUT2D eigenvalue weighted by molar-refractivity contribution is 7.09. The van der Waals surface area contributed by atoms with Crippen LogP contribution in [0, 0.1) is 6.92 Å². The molecular formula is C38H42N6O4S. The van der Waals surface area contributed by atoms with Gasteiger partial charge in [-0.15, -0.1) is 11.3 Å². The second-order valence-corrected chi connectivity index (χ2v) is 13.8. The maximum Gasteiger partial charge on any atom is 0.254 e. The van der Waals surface area contributed by atoms with E-state index in [-0.39, 0.29) is 24.1 Å². The maximum absolute atomic E-state index is 14.1. The molecule has 3 N–H and O–H groups in total. The van der Waals surface area contributed by atoms with E-state index in [1.54, 1.807) is 29.5 Å². The van der Waals surface area contributed by atoms with Crippen LogP contribution in [0.3, 0.4) is 0 Å². The zero-order valence-electron chi connectivity index (χ0n) is 28.0. The molecule has 0 spiro atoms. The molecule has 49 heavy (non-hydrogen) atoms. The molecule has 2 aromatic carbocycles. The Balaban J connectivity index is 1.23. The molecule has 3 aromatic heterocycles. The van der Waals surface area contributed by atoms with Gasteiger partial charge in [-0.25, -0.2) is 9.97 Å². The Bertz CT molecular complexity index is 1860. The van der Waals surface area contributed by atoms with E-state index in [0.29, 0.717) is 42.4 Å². The molecule has 1 fully saturated rings. The van der Waals surface area contributed by atoms with Gasteiger partial charge >= 0.3 is 0 Å². The number of benzene rings is 2. The maximum atomic E-state index is 14.1. The standard InChI is InChI=1S/C38H42N6O4S/c1-24(2)31-14-27(19-39-21-31)20-40-22-34(45)32(15-26-8-5-4-6-9-26)43-35(46)28-16-29(36-41-11-13-48-36)18-30(17-28)38(47)44-12-7-10-33(44)37-42-25(3)23-49-37/h4-6,8-9,11,13-14,16-19,21,23-24,32-34,40,45H,7,10,12,15,20,22H2,1-3H3,(H,43,46)/t32-,33+,34+/m0/s1. The molecule has 1 aliphatic rings. The molecule has 2 amide bonds. The lowest BCUT2D eigenvalue weighted by Gasteiger charge is -2.26. The Hall–Kier alpha value is -4.71. The predicted octanol–water partition coefficient (Wildman–Crippen LogP) is 6.09. The number of likely N-dealkylation sites (tertiary alicyclic amines) is 1. The number of nitrogens with zero attached hydrogens (tertiary/aromatic N) is 4. The number of hydrogen-bond acceptors (Lipinski definition) is 9. The number of amides is 2. The minimum Gasteiger partial charge on any atom is -0.445 e. The first kappa shape index (κ1) is 34.2. The van der Waals surface area contributed by atoms with Crippen molar-refractivity contribution in [3.8, 4) is 11.5 Å². The molecule has 6 rings (SSSR count). The quantitative estimate of drug-likeness (QED) is 0.136. The van der Waals surface area contributed by atoms with Crippen LogP contribution in [-0.2, 0) is 13.0 Å². The first-order chi connectivity index (χ1) is 23.7. The van der Waals surface area contributed by atoms with E-state index >= 15 is 0 Å². The summed E-state index contributed by atoms with van der Waals surface area (Å²) in [5.41, 5.74) is 5.23. The summed E-state index contributed by atoms with van der Waals surface area (Å²) in [6, 6.07) is 16.1. The summed E-state index contributed by atoms with van der Waals surface area (Å²) < 4.78 is 5.58. The van der Waals surface area contributed by atoms with Crippen molar-refractivity contribution < 1.29 is 19.1 Å². The fourth-order valence-electron chi connectivity index (χ4n) is 6.16. The first-order valence-corrected chi connectivity index (χ1v) is 17.6. The van der Waals surface area contributed by atoms with E-state index in [0.717, 1.165) is 40.2 Å². The van der Waals surface area contributed by atoms with Gasteiger partial charge < -0.3 is 25.1 Å². The van der Waals surface area contributed by atoms with Gasteiger partial charge in [0.15, 0.2) is 0 Å². The van der Waals surface area contributed by atoms with Gasteiger partial charge in [0.05, 0.1) is 24.4 Å². The van der Waals surface area contributed by atoms with Crippen LogP contribution in [0.15, 0.2) is 89.2 Å². The molecule has 0 saturated carbocycles. The Morgan fingerprint density at radius 2 is 1.90 bits per heavy atom. The molecule has 0 unspecified atom stereocenters. The third-order valence-corrected chi connectivity index (χ3v) is 9.87. The molecule has 5 aromatic rings. The molecular weight excluding hydrogens is 637 g/mol. The molecule has 0 bridgehead atoms. The topological polar surface area (TPSA) is 133 Å². The number of oxazole rings is 1. The van der Waals surface area contributed by atoms with Crippen LogP contribution in [-0.4, -0.2) is 62.0 Å². The van der Waals surface area contributed by atoms with Gasteiger partial charge in [-0.2, -0.15) is 0 Å². The number of carbonyl (C=O) groups excluding carboxylic acids is 2. The Kier molecular flexibility index (Phi) is 10.9. The fraction of sp³-hybridized carbons (Fsp3) is 0.342. The molecule has 1 aliphatic heterocycles. The van der Waals surface area contributed by atoms with E-state index in [1.165, 1.54) is 12.5 Å². The number of aliphatic hydroxyl groups is 1. The number of aliphatic hydroxyl groups excluding tert-OH is 1. The molecule has 254 valence electrons. The Morgan fingerprint density at radius 1 is 1.08 bits per heavy atom. The summed E-state index contributed by atoms with van der Waals surface area (Å²) in [6.45, 7) is 7.58. The fourth-order valence-corrected chi connectivity index (χ4v) is 7.10. The summed E-state index contributed by atoms with van der Waals surface area (Å²) in [5.74, 6) is 0.0717. The van der Waals surface area contributed by atoms with Gasteiger partial charge in [0.1, 0.15) is 11.3 Å². The summed E-state index contributed by atoms with van der Waals surface area (Å²) in [5, 5.41) is 20.8. The van der Waals surface area contributed by atoms with E-state index in [2.05, 4.69) is 45.5 Å². The van der Waals surface area contributed by atoms with Crippen LogP contribution in [0.25, 0.3) is 11.5 Å². The van der Waals surface area contributed by atoms with Crippen LogP contribution in [0.1, 0.15) is 86.8 Å². The third-order valence-electron chi connectivity index (χ3n) is 8.80. The van der Waals surface area contributed by atoms with Gasteiger partial charge in [-0.3, -0.25) is 14.6 Å². The summed E-state index contributed by atoms with van der Waals surface area (Å²) in [6.07, 6.45) is 7.87. The molecule has 0 aliphatic carbocycles. The molecule has 11 heteroatoms. The number of aryl methyl sites for hydroxylation is 1. The molecule has 4 heterocycles. The van der Waals surface area contributed by atoms with E-state index < -0.39 is 18.1 Å². The third kappa shape index (κ3) is 8.48. The highest BCUT2D eigenvalue weighted by Gasteiger charge is 2.33. The average Bonchev–Trinajstić information content (AvgIpc) is 3.91. The Labute approximate surface area is 290 Å². The van der Waals surface area contributed by atoms with Crippen molar-refractivity contribution in [1.29, 1.82) is 0 Å². The van der Waals surface area contributed by atoms with Crippen molar-refractivity contribution in [2.24, 2.45) is 0 Å². The lowest BCUT2D eigenvalue weighted by molar-refractivity contribution is 0.0735. The van der Waals surface area contributed by atoms with E-state index in [1.807, 2.05) is 59.9 Å².